The number of fused-ring (bicyclic) bond motifs is 3. The number of amides is 1. The van der Waals surface area contributed by atoms with Gasteiger partial charge in [-0.2, -0.15) is 5.10 Å². The highest BCUT2D eigenvalue weighted by molar-refractivity contribution is 5.90. The van der Waals surface area contributed by atoms with E-state index in [1.165, 1.54) is 28.8 Å². The van der Waals surface area contributed by atoms with E-state index in [0.29, 0.717) is 17.1 Å². The second kappa shape index (κ2) is 6.40. The molecule has 1 aliphatic carbocycles. The number of hydrogen-bond donors (Lipinski definition) is 1. The molecule has 0 unspecified atom stereocenters. The summed E-state index contributed by atoms with van der Waals surface area (Å²) in [6, 6.07) is 5.50. The molecule has 0 saturated heterocycles. The SMILES string of the molecule is C[C@@H]1CCc2nn3ccn(CC(=O)Nc4ccc(F)cc4)c(=O)c3c2C1. The number of anilines is 1. The van der Waals surface area contributed by atoms with Crippen LogP contribution < -0.4 is 10.9 Å². The van der Waals surface area contributed by atoms with Crippen LogP contribution in [0.1, 0.15) is 24.6 Å². The first-order chi connectivity index (χ1) is 12.5. The Morgan fingerprint density at radius 1 is 1.31 bits per heavy atom. The fraction of sp³-hybridized carbons (Fsp3) is 0.316. The van der Waals surface area contributed by atoms with E-state index in [1.54, 1.807) is 16.9 Å². The average molecular weight is 354 g/mol. The molecule has 0 fully saturated rings. The minimum Gasteiger partial charge on any atom is -0.325 e. The van der Waals surface area contributed by atoms with Crippen LogP contribution in [-0.2, 0) is 24.2 Å². The average Bonchev–Trinajstić information content (AvgIpc) is 2.98. The van der Waals surface area contributed by atoms with Crippen LogP contribution in [0, 0.1) is 11.7 Å². The van der Waals surface area contributed by atoms with Crippen molar-refractivity contribution < 1.29 is 9.18 Å². The third-order valence-corrected chi connectivity index (χ3v) is 4.81. The normalized spacial score (nSPS) is 16.5. The molecule has 4 rings (SSSR count). The van der Waals surface area contributed by atoms with Crippen LogP contribution in [0.15, 0.2) is 41.5 Å². The smallest absolute Gasteiger partial charge is 0.277 e. The van der Waals surface area contributed by atoms with Gasteiger partial charge in [-0.3, -0.25) is 9.59 Å². The lowest BCUT2D eigenvalue weighted by Gasteiger charge is -2.16. The topological polar surface area (TPSA) is 68.4 Å². The molecule has 2 heterocycles. The number of benzene rings is 1. The number of carbonyl (C=O) groups is 1. The maximum atomic E-state index is 12.9. The maximum Gasteiger partial charge on any atom is 0.277 e. The lowest BCUT2D eigenvalue weighted by Crippen LogP contribution is -2.28. The number of carbonyl (C=O) groups excluding carboxylic acids is 1. The first-order valence-corrected chi connectivity index (χ1v) is 8.66. The van der Waals surface area contributed by atoms with Crippen LogP contribution in [0.3, 0.4) is 0 Å². The van der Waals surface area contributed by atoms with Gasteiger partial charge in [-0.1, -0.05) is 6.92 Å². The number of halogens is 1. The number of hydrogen-bond acceptors (Lipinski definition) is 3. The van der Waals surface area contributed by atoms with Gasteiger partial charge in [-0.05, 0) is 49.4 Å². The van der Waals surface area contributed by atoms with Crippen molar-refractivity contribution in [3.63, 3.8) is 0 Å². The molecule has 0 aliphatic heterocycles. The lowest BCUT2D eigenvalue weighted by atomic mass is 9.88. The molecule has 1 atom stereocenters. The minimum atomic E-state index is -0.371. The van der Waals surface area contributed by atoms with Crippen LogP contribution in [0.5, 0.6) is 0 Å². The van der Waals surface area contributed by atoms with Gasteiger partial charge in [0.15, 0.2) is 0 Å². The first-order valence-electron chi connectivity index (χ1n) is 8.66. The van der Waals surface area contributed by atoms with Gasteiger partial charge in [-0.25, -0.2) is 8.91 Å². The molecule has 134 valence electrons. The summed E-state index contributed by atoms with van der Waals surface area (Å²) in [6.07, 6.45) is 6.07. The monoisotopic (exact) mass is 354 g/mol. The molecule has 1 aliphatic rings. The quantitative estimate of drug-likeness (QED) is 0.785. The van der Waals surface area contributed by atoms with Crippen molar-refractivity contribution in [3.8, 4) is 0 Å². The zero-order valence-electron chi connectivity index (χ0n) is 14.4. The van der Waals surface area contributed by atoms with Gasteiger partial charge >= 0.3 is 0 Å². The molecule has 26 heavy (non-hydrogen) atoms. The summed E-state index contributed by atoms with van der Waals surface area (Å²) in [5, 5.41) is 7.18. The van der Waals surface area contributed by atoms with E-state index >= 15 is 0 Å². The molecule has 1 N–H and O–H groups in total. The van der Waals surface area contributed by atoms with Crippen molar-refractivity contribution in [2.45, 2.75) is 32.7 Å². The van der Waals surface area contributed by atoms with Crippen molar-refractivity contribution in [1.29, 1.82) is 0 Å². The Bertz CT molecular complexity index is 1040. The van der Waals surface area contributed by atoms with E-state index in [-0.39, 0.29) is 23.8 Å². The molecule has 0 bridgehead atoms. The van der Waals surface area contributed by atoms with Gasteiger partial charge in [-0.15, -0.1) is 0 Å². The van der Waals surface area contributed by atoms with Crippen molar-refractivity contribution in [2.75, 3.05) is 5.32 Å². The second-order valence-corrected chi connectivity index (χ2v) is 6.85. The Morgan fingerprint density at radius 2 is 2.08 bits per heavy atom. The van der Waals surface area contributed by atoms with Crippen LogP contribution in [-0.4, -0.2) is 20.1 Å². The predicted octanol–water partition coefficient (Wildman–Crippen LogP) is 2.40. The van der Waals surface area contributed by atoms with E-state index in [1.807, 2.05) is 0 Å². The van der Waals surface area contributed by atoms with Gasteiger partial charge in [0.05, 0.1) is 5.69 Å². The molecule has 0 spiro atoms. The maximum absolute atomic E-state index is 12.9. The molecule has 3 aromatic rings. The summed E-state index contributed by atoms with van der Waals surface area (Å²) in [5.74, 6) is -0.195. The number of nitrogens with one attached hydrogen (secondary N) is 1. The molecule has 0 saturated carbocycles. The van der Waals surface area contributed by atoms with E-state index in [2.05, 4.69) is 17.3 Å². The standard InChI is InChI=1S/C19H19FN4O2/c1-12-2-7-16-15(10-12)18-19(26)23(8-9-24(18)22-16)11-17(25)21-14-5-3-13(20)4-6-14/h3-6,8-9,12H,2,7,10-11H2,1H3,(H,21,25)/t12-/m1/s1. The molecule has 0 radical (unpaired) electrons. The van der Waals surface area contributed by atoms with E-state index in [0.717, 1.165) is 30.5 Å². The highest BCUT2D eigenvalue weighted by Crippen LogP contribution is 2.26. The van der Waals surface area contributed by atoms with Gasteiger partial charge in [0.25, 0.3) is 5.56 Å². The second-order valence-electron chi connectivity index (χ2n) is 6.85. The Labute approximate surface area is 149 Å². The van der Waals surface area contributed by atoms with Crippen LogP contribution in [0.25, 0.3) is 5.52 Å². The van der Waals surface area contributed by atoms with Crippen LogP contribution in [0.4, 0.5) is 10.1 Å². The Balaban J connectivity index is 1.61. The van der Waals surface area contributed by atoms with Gasteiger partial charge in [0, 0.05) is 23.6 Å². The molecular weight excluding hydrogens is 335 g/mol. The zero-order chi connectivity index (χ0) is 18.3. The van der Waals surface area contributed by atoms with Gasteiger partial charge in [0.2, 0.25) is 5.91 Å². The fourth-order valence-electron chi connectivity index (χ4n) is 3.46. The van der Waals surface area contributed by atoms with Crippen molar-refractivity contribution in [3.05, 3.63) is 64.1 Å². The van der Waals surface area contributed by atoms with Gasteiger partial charge < -0.3 is 9.88 Å². The fourth-order valence-corrected chi connectivity index (χ4v) is 3.46. The van der Waals surface area contributed by atoms with Crippen LogP contribution >= 0.6 is 0 Å². The highest BCUT2D eigenvalue weighted by Gasteiger charge is 2.23. The number of rotatable bonds is 3. The largest absolute Gasteiger partial charge is 0.325 e. The third-order valence-electron chi connectivity index (χ3n) is 4.81. The Hall–Kier alpha value is -2.96. The third kappa shape index (κ3) is 3.00. The van der Waals surface area contributed by atoms with Crippen molar-refractivity contribution >= 4 is 17.1 Å². The number of aryl methyl sites for hydroxylation is 1. The van der Waals surface area contributed by atoms with Crippen molar-refractivity contribution in [1.82, 2.24) is 14.2 Å². The summed E-state index contributed by atoms with van der Waals surface area (Å²) in [5.41, 5.74) is 2.81. The van der Waals surface area contributed by atoms with E-state index in [4.69, 9.17) is 0 Å². The summed E-state index contributed by atoms with van der Waals surface area (Å²) in [7, 11) is 0. The van der Waals surface area contributed by atoms with E-state index < -0.39 is 0 Å². The molecule has 2 aromatic heterocycles. The van der Waals surface area contributed by atoms with E-state index in [9.17, 15) is 14.0 Å². The molecule has 1 amide bonds. The zero-order valence-corrected chi connectivity index (χ0v) is 14.4. The minimum absolute atomic E-state index is 0.109. The number of aromatic nitrogens is 3. The Kier molecular flexibility index (Phi) is 4.06. The first kappa shape index (κ1) is 16.5. The summed E-state index contributed by atoms with van der Waals surface area (Å²) < 4.78 is 15.9. The summed E-state index contributed by atoms with van der Waals surface area (Å²) in [6.45, 7) is 2.06. The number of nitrogens with zero attached hydrogens (tertiary/aromatic N) is 3. The lowest BCUT2D eigenvalue weighted by molar-refractivity contribution is -0.116. The van der Waals surface area contributed by atoms with Crippen molar-refractivity contribution in [2.24, 2.45) is 5.92 Å². The summed E-state index contributed by atoms with van der Waals surface area (Å²) >= 11 is 0. The molecule has 6 nitrogen and oxygen atoms in total. The molecule has 7 heteroatoms. The summed E-state index contributed by atoms with van der Waals surface area (Å²) in [4.78, 5) is 25.1. The highest BCUT2D eigenvalue weighted by atomic mass is 19.1. The molecule has 1 aromatic carbocycles. The van der Waals surface area contributed by atoms with Crippen LogP contribution in [0.2, 0.25) is 0 Å². The van der Waals surface area contributed by atoms with Gasteiger partial charge in [0.1, 0.15) is 17.9 Å². The predicted molar refractivity (Wildman–Crippen MR) is 95.7 cm³/mol. The molecular formula is C19H19FN4O2. The Morgan fingerprint density at radius 3 is 2.85 bits per heavy atom.